The first-order valence-electron chi connectivity index (χ1n) is 6.79. The van der Waals surface area contributed by atoms with Gasteiger partial charge in [-0.25, -0.2) is 0 Å². The molecule has 1 heterocycles. The molecule has 0 aromatic rings. The van der Waals surface area contributed by atoms with Gasteiger partial charge in [0.2, 0.25) is 0 Å². The summed E-state index contributed by atoms with van der Waals surface area (Å²) in [7, 11) is 0. The molecule has 0 aromatic carbocycles. The fraction of sp³-hybridized carbons (Fsp3) is 0.917. The van der Waals surface area contributed by atoms with Crippen LogP contribution >= 0.6 is 24.0 Å². The molecule has 6 heteroatoms. The minimum Gasteiger partial charge on any atom is -0.370 e. The highest BCUT2D eigenvalue weighted by molar-refractivity contribution is 14.0. The van der Waals surface area contributed by atoms with Gasteiger partial charge in [-0.2, -0.15) is 0 Å². The molecule has 18 heavy (non-hydrogen) atoms. The maximum Gasteiger partial charge on any atom is 0.188 e. The molecule has 1 aliphatic heterocycles. The first-order chi connectivity index (χ1) is 8.28. The minimum absolute atomic E-state index is 0. The van der Waals surface area contributed by atoms with Crippen LogP contribution < -0.4 is 11.1 Å². The molecule has 0 aromatic heterocycles. The van der Waals surface area contributed by atoms with Gasteiger partial charge in [0.15, 0.2) is 5.96 Å². The van der Waals surface area contributed by atoms with E-state index in [2.05, 4.69) is 27.0 Å². The molecule has 2 rings (SSSR count). The average molecular weight is 367 g/mol. The zero-order valence-electron chi connectivity index (χ0n) is 11.3. The van der Waals surface area contributed by atoms with E-state index in [4.69, 9.17) is 5.73 Å². The zero-order chi connectivity index (χ0) is 12.1. The number of likely N-dealkylation sites (N-methyl/N-ethyl adjacent to an activating group) is 1. The quantitative estimate of drug-likeness (QED) is 0.417. The van der Waals surface area contributed by atoms with Gasteiger partial charge in [0.05, 0.1) is 6.54 Å². The summed E-state index contributed by atoms with van der Waals surface area (Å²) in [4.78, 5) is 9.33. The molecule has 2 aliphatic rings. The lowest BCUT2D eigenvalue weighted by Gasteiger charge is -2.33. The smallest absolute Gasteiger partial charge is 0.188 e. The first-order valence-corrected chi connectivity index (χ1v) is 6.79. The van der Waals surface area contributed by atoms with E-state index in [0.717, 1.165) is 13.1 Å². The van der Waals surface area contributed by atoms with Gasteiger partial charge in [-0.3, -0.25) is 9.89 Å². The van der Waals surface area contributed by atoms with Crippen LogP contribution in [0.3, 0.4) is 0 Å². The van der Waals surface area contributed by atoms with Crippen molar-refractivity contribution in [2.24, 2.45) is 10.7 Å². The summed E-state index contributed by atoms with van der Waals surface area (Å²) in [6, 6.07) is 0.604. The lowest BCUT2D eigenvalue weighted by Crippen LogP contribution is -2.47. The number of piperazine rings is 1. The fourth-order valence-corrected chi connectivity index (χ4v) is 2.12. The molecule has 3 N–H and O–H groups in total. The van der Waals surface area contributed by atoms with E-state index >= 15 is 0 Å². The number of nitrogens with zero attached hydrogens (tertiary/aromatic N) is 3. The number of hydrogen-bond donors (Lipinski definition) is 2. The summed E-state index contributed by atoms with van der Waals surface area (Å²) >= 11 is 0. The molecule has 0 unspecified atom stereocenters. The molecule has 1 saturated carbocycles. The number of aliphatic imine (C=N–C) groups is 1. The molecule has 0 amide bonds. The minimum atomic E-state index is 0. The molecule has 0 radical (unpaired) electrons. The number of nitrogens with one attached hydrogen (secondary N) is 1. The van der Waals surface area contributed by atoms with Crippen LogP contribution in [0.1, 0.15) is 19.8 Å². The van der Waals surface area contributed by atoms with Crippen molar-refractivity contribution in [1.29, 1.82) is 0 Å². The van der Waals surface area contributed by atoms with Crippen LogP contribution in [0, 0.1) is 0 Å². The van der Waals surface area contributed by atoms with E-state index in [9.17, 15) is 0 Å². The summed E-state index contributed by atoms with van der Waals surface area (Å²) < 4.78 is 0. The zero-order valence-corrected chi connectivity index (χ0v) is 13.6. The number of halogens is 1. The van der Waals surface area contributed by atoms with Crippen molar-refractivity contribution in [3.63, 3.8) is 0 Å². The van der Waals surface area contributed by atoms with Crippen LogP contribution in [0.4, 0.5) is 0 Å². The van der Waals surface area contributed by atoms with Gasteiger partial charge in [0, 0.05) is 38.8 Å². The fourth-order valence-electron chi connectivity index (χ4n) is 2.12. The van der Waals surface area contributed by atoms with Crippen molar-refractivity contribution in [3.8, 4) is 0 Å². The van der Waals surface area contributed by atoms with Gasteiger partial charge in [0.25, 0.3) is 0 Å². The molecule has 1 aliphatic carbocycles. The van der Waals surface area contributed by atoms with Crippen LogP contribution in [-0.4, -0.2) is 67.6 Å². The highest BCUT2D eigenvalue weighted by Crippen LogP contribution is 2.17. The second kappa shape index (κ2) is 8.16. The van der Waals surface area contributed by atoms with E-state index < -0.39 is 0 Å². The monoisotopic (exact) mass is 367 g/mol. The summed E-state index contributed by atoms with van der Waals surface area (Å²) in [5.74, 6) is 0.625. The van der Waals surface area contributed by atoms with Crippen LogP contribution in [0.15, 0.2) is 4.99 Å². The Morgan fingerprint density at radius 1 is 1.22 bits per heavy atom. The SMILES string of the molecule is CCN1CCN(CCN=C(N)NC2CC2)CC1.I. The molecule has 2 fully saturated rings. The molecule has 5 nitrogen and oxygen atoms in total. The topological polar surface area (TPSA) is 56.9 Å². The Balaban J connectivity index is 0.00000162. The second-order valence-electron chi connectivity index (χ2n) is 4.96. The van der Waals surface area contributed by atoms with Crippen LogP contribution in [0.5, 0.6) is 0 Å². The van der Waals surface area contributed by atoms with Crippen LogP contribution in [0.25, 0.3) is 0 Å². The second-order valence-corrected chi connectivity index (χ2v) is 4.96. The predicted octanol–water partition coefficient (Wildman–Crippen LogP) is 0.309. The highest BCUT2D eigenvalue weighted by Gasteiger charge is 2.21. The Hall–Kier alpha value is -0.0800. The molecular formula is C12H26IN5. The lowest BCUT2D eigenvalue weighted by molar-refractivity contribution is 0.140. The van der Waals surface area contributed by atoms with Crippen molar-refractivity contribution in [3.05, 3.63) is 0 Å². The lowest BCUT2D eigenvalue weighted by atomic mass is 10.3. The molecule has 0 atom stereocenters. The highest BCUT2D eigenvalue weighted by atomic mass is 127. The van der Waals surface area contributed by atoms with Gasteiger partial charge in [-0.1, -0.05) is 6.92 Å². The predicted molar refractivity (Wildman–Crippen MR) is 86.6 cm³/mol. The standard InChI is InChI=1S/C12H25N5.HI/c1-2-16-7-9-17(10-8-16)6-5-14-12(13)15-11-3-4-11;/h11H,2-10H2,1H3,(H3,13,14,15);1H. The third kappa shape index (κ3) is 5.71. The number of guanidine groups is 1. The summed E-state index contributed by atoms with van der Waals surface area (Å²) in [5, 5.41) is 3.21. The number of rotatable bonds is 5. The van der Waals surface area contributed by atoms with E-state index in [0.29, 0.717) is 12.0 Å². The maximum absolute atomic E-state index is 5.79. The molecule has 1 saturated heterocycles. The van der Waals surface area contributed by atoms with Gasteiger partial charge < -0.3 is 16.0 Å². The number of nitrogens with two attached hydrogens (primary N) is 1. The Morgan fingerprint density at radius 2 is 1.83 bits per heavy atom. The number of hydrogen-bond acceptors (Lipinski definition) is 3. The molecular weight excluding hydrogens is 341 g/mol. The van der Waals surface area contributed by atoms with Crippen LogP contribution in [0.2, 0.25) is 0 Å². The third-order valence-electron chi connectivity index (χ3n) is 3.54. The average Bonchev–Trinajstić information content (AvgIpc) is 3.14. The molecule has 0 spiro atoms. The first kappa shape index (κ1) is 16.0. The molecule has 106 valence electrons. The normalized spacial score (nSPS) is 22.6. The van der Waals surface area contributed by atoms with Crippen molar-refractivity contribution in [2.75, 3.05) is 45.8 Å². The maximum atomic E-state index is 5.79. The Kier molecular flexibility index (Phi) is 7.25. The Morgan fingerprint density at radius 3 is 2.39 bits per heavy atom. The van der Waals surface area contributed by atoms with E-state index in [1.165, 1.54) is 45.6 Å². The van der Waals surface area contributed by atoms with Gasteiger partial charge >= 0.3 is 0 Å². The summed E-state index contributed by atoms with van der Waals surface area (Å²) in [6.07, 6.45) is 2.49. The van der Waals surface area contributed by atoms with Crippen molar-refractivity contribution in [2.45, 2.75) is 25.8 Å². The van der Waals surface area contributed by atoms with E-state index in [1.807, 2.05) is 0 Å². The Labute approximate surface area is 127 Å². The molecule has 0 bridgehead atoms. The third-order valence-corrected chi connectivity index (χ3v) is 3.54. The van der Waals surface area contributed by atoms with Crippen molar-refractivity contribution >= 4 is 29.9 Å². The summed E-state index contributed by atoms with van der Waals surface area (Å²) in [5.41, 5.74) is 5.79. The Bertz CT molecular complexity index is 259. The van der Waals surface area contributed by atoms with Crippen LogP contribution in [-0.2, 0) is 0 Å². The van der Waals surface area contributed by atoms with Crippen molar-refractivity contribution in [1.82, 2.24) is 15.1 Å². The van der Waals surface area contributed by atoms with Gasteiger partial charge in [-0.05, 0) is 19.4 Å². The van der Waals surface area contributed by atoms with E-state index in [1.54, 1.807) is 0 Å². The largest absolute Gasteiger partial charge is 0.370 e. The summed E-state index contributed by atoms with van der Waals surface area (Å²) in [6.45, 7) is 9.96. The van der Waals surface area contributed by atoms with Crippen molar-refractivity contribution < 1.29 is 0 Å². The van der Waals surface area contributed by atoms with Gasteiger partial charge in [0.1, 0.15) is 0 Å². The van der Waals surface area contributed by atoms with E-state index in [-0.39, 0.29) is 24.0 Å². The van der Waals surface area contributed by atoms with Gasteiger partial charge in [-0.15, -0.1) is 24.0 Å².